The van der Waals surface area contributed by atoms with Crippen LogP contribution in [0.3, 0.4) is 0 Å². The molecule has 0 bridgehead atoms. The van der Waals surface area contributed by atoms with Gasteiger partial charge < -0.3 is 15.2 Å². The van der Waals surface area contributed by atoms with Gasteiger partial charge in [-0.25, -0.2) is 4.98 Å². The number of likely N-dealkylation sites (tertiary alicyclic amines) is 1. The first-order chi connectivity index (χ1) is 9.54. The van der Waals surface area contributed by atoms with E-state index in [4.69, 9.17) is 10.7 Å². The van der Waals surface area contributed by atoms with Gasteiger partial charge in [0, 0.05) is 24.7 Å². The topological polar surface area (TPSA) is 47.1 Å². The third-order valence-corrected chi connectivity index (χ3v) is 4.25. The van der Waals surface area contributed by atoms with Crippen molar-refractivity contribution >= 4 is 16.7 Å². The molecule has 1 aliphatic rings. The molecule has 0 spiro atoms. The summed E-state index contributed by atoms with van der Waals surface area (Å²) in [4.78, 5) is 7.22. The van der Waals surface area contributed by atoms with E-state index < -0.39 is 0 Å². The van der Waals surface area contributed by atoms with Gasteiger partial charge in [0.05, 0.1) is 11.0 Å². The Kier molecular flexibility index (Phi) is 3.42. The Morgan fingerprint density at radius 1 is 1.40 bits per heavy atom. The van der Waals surface area contributed by atoms with Crippen LogP contribution in [-0.2, 0) is 6.54 Å². The Morgan fingerprint density at radius 3 is 2.85 bits per heavy atom. The van der Waals surface area contributed by atoms with E-state index in [-0.39, 0.29) is 0 Å². The second kappa shape index (κ2) is 5.09. The number of imidazole rings is 1. The lowest BCUT2D eigenvalue weighted by Crippen LogP contribution is -2.18. The highest BCUT2D eigenvalue weighted by Crippen LogP contribution is 2.26. The molecule has 1 aliphatic heterocycles. The number of benzene rings is 1. The van der Waals surface area contributed by atoms with Crippen LogP contribution in [0.25, 0.3) is 11.0 Å². The fraction of sp³-hybridized carbons (Fsp3) is 0.562. The van der Waals surface area contributed by atoms with Gasteiger partial charge in [0.15, 0.2) is 0 Å². The van der Waals surface area contributed by atoms with Crippen LogP contribution in [-0.4, -0.2) is 34.6 Å². The summed E-state index contributed by atoms with van der Waals surface area (Å²) >= 11 is 0. The average molecular weight is 272 g/mol. The summed E-state index contributed by atoms with van der Waals surface area (Å²) in [7, 11) is 2.20. The Bertz CT molecular complexity index is 614. The van der Waals surface area contributed by atoms with Gasteiger partial charge in [0.1, 0.15) is 5.82 Å². The summed E-state index contributed by atoms with van der Waals surface area (Å²) < 4.78 is 2.41. The second-order valence-corrected chi connectivity index (χ2v) is 6.40. The molecule has 0 saturated carbocycles. The molecule has 1 unspecified atom stereocenters. The molecule has 4 nitrogen and oxygen atoms in total. The molecule has 0 amide bonds. The van der Waals surface area contributed by atoms with Crippen LogP contribution in [0.15, 0.2) is 18.2 Å². The second-order valence-electron chi connectivity index (χ2n) is 6.40. The lowest BCUT2D eigenvalue weighted by molar-refractivity contribution is 0.377. The van der Waals surface area contributed by atoms with Gasteiger partial charge in [-0.3, -0.25) is 0 Å². The van der Waals surface area contributed by atoms with Gasteiger partial charge in [-0.05, 0) is 44.1 Å². The maximum Gasteiger partial charge on any atom is 0.112 e. The highest BCUT2D eigenvalue weighted by atomic mass is 15.1. The van der Waals surface area contributed by atoms with Crippen LogP contribution in [0, 0.1) is 5.92 Å². The number of nitrogen functional groups attached to an aromatic ring is 1. The number of fused-ring (bicyclic) bond motifs is 1. The molecule has 108 valence electrons. The molecule has 1 fully saturated rings. The van der Waals surface area contributed by atoms with Crippen molar-refractivity contribution in [2.75, 3.05) is 25.9 Å². The van der Waals surface area contributed by atoms with Crippen molar-refractivity contribution in [2.45, 2.75) is 32.7 Å². The van der Waals surface area contributed by atoms with E-state index in [0.29, 0.717) is 5.92 Å². The third kappa shape index (κ3) is 2.40. The zero-order valence-corrected chi connectivity index (χ0v) is 12.6. The molecular formula is C16H24N4. The first-order valence-corrected chi connectivity index (χ1v) is 7.49. The molecule has 20 heavy (non-hydrogen) atoms. The van der Waals surface area contributed by atoms with E-state index in [9.17, 15) is 0 Å². The van der Waals surface area contributed by atoms with Crippen LogP contribution in [0.1, 0.15) is 32.0 Å². The third-order valence-electron chi connectivity index (χ3n) is 4.25. The molecule has 2 heterocycles. The zero-order valence-electron chi connectivity index (χ0n) is 12.6. The van der Waals surface area contributed by atoms with Crippen LogP contribution < -0.4 is 5.73 Å². The largest absolute Gasteiger partial charge is 0.399 e. The molecule has 0 aliphatic carbocycles. The number of nitrogens with zero attached hydrogens (tertiary/aromatic N) is 3. The van der Waals surface area contributed by atoms with Gasteiger partial charge in [0.2, 0.25) is 0 Å². The highest BCUT2D eigenvalue weighted by Gasteiger charge is 2.22. The predicted octanol–water partition coefficient (Wildman–Crippen LogP) is 2.69. The fourth-order valence-corrected chi connectivity index (χ4v) is 3.23. The SMILES string of the molecule is CC(C)c1nc2cc(N)ccc2n1CC1CCN(C)C1. The summed E-state index contributed by atoms with van der Waals surface area (Å²) in [6.07, 6.45) is 1.28. The first-order valence-electron chi connectivity index (χ1n) is 7.49. The Morgan fingerprint density at radius 2 is 2.20 bits per heavy atom. The normalized spacial score (nSPS) is 20.3. The molecule has 1 saturated heterocycles. The van der Waals surface area contributed by atoms with Gasteiger partial charge in [0.25, 0.3) is 0 Å². The zero-order chi connectivity index (χ0) is 14.3. The molecular weight excluding hydrogens is 248 g/mol. The lowest BCUT2D eigenvalue weighted by Gasteiger charge is -2.16. The summed E-state index contributed by atoms with van der Waals surface area (Å²) in [6, 6.07) is 6.08. The minimum Gasteiger partial charge on any atom is -0.399 e. The van der Waals surface area contributed by atoms with Crippen molar-refractivity contribution in [1.29, 1.82) is 0 Å². The number of rotatable bonds is 3. The van der Waals surface area contributed by atoms with Gasteiger partial charge in [-0.15, -0.1) is 0 Å². The fourth-order valence-electron chi connectivity index (χ4n) is 3.23. The number of aromatic nitrogens is 2. The number of nitrogens with two attached hydrogens (primary N) is 1. The smallest absolute Gasteiger partial charge is 0.112 e. The average Bonchev–Trinajstić information content (AvgIpc) is 2.94. The van der Waals surface area contributed by atoms with Crippen molar-refractivity contribution in [3.63, 3.8) is 0 Å². The van der Waals surface area contributed by atoms with E-state index in [1.54, 1.807) is 0 Å². The minimum atomic E-state index is 0.433. The highest BCUT2D eigenvalue weighted by molar-refractivity contribution is 5.79. The summed E-state index contributed by atoms with van der Waals surface area (Å²) in [5.74, 6) is 2.34. The van der Waals surface area contributed by atoms with E-state index in [0.717, 1.165) is 23.7 Å². The standard InChI is InChI=1S/C16H24N4/c1-11(2)16-18-14-8-13(17)4-5-15(14)20(16)10-12-6-7-19(3)9-12/h4-5,8,11-12H,6-7,9-10,17H2,1-3H3. The van der Waals surface area contributed by atoms with Crippen LogP contribution >= 0.6 is 0 Å². The van der Waals surface area contributed by atoms with E-state index >= 15 is 0 Å². The van der Waals surface area contributed by atoms with Crippen LogP contribution in [0.5, 0.6) is 0 Å². The quantitative estimate of drug-likeness (QED) is 0.874. The van der Waals surface area contributed by atoms with Gasteiger partial charge in [-0.1, -0.05) is 13.8 Å². The number of hydrogen-bond donors (Lipinski definition) is 1. The first kappa shape index (κ1) is 13.4. The van der Waals surface area contributed by atoms with Crippen molar-refractivity contribution in [3.05, 3.63) is 24.0 Å². The minimum absolute atomic E-state index is 0.433. The molecule has 4 heteroatoms. The van der Waals surface area contributed by atoms with E-state index in [1.807, 2.05) is 12.1 Å². The molecule has 0 radical (unpaired) electrons. The predicted molar refractivity (Wildman–Crippen MR) is 83.8 cm³/mol. The van der Waals surface area contributed by atoms with Gasteiger partial charge >= 0.3 is 0 Å². The Balaban J connectivity index is 2.00. The van der Waals surface area contributed by atoms with Crippen molar-refractivity contribution < 1.29 is 0 Å². The van der Waals surface area contributed by atoms with Crippen molar-refractivity contribution in [3.8, 4) is 0 Å². The lowest BCUT2D eigenvalue weighted by atomic mass is 10.1. The molecule has 2 aromatic rings. The summed E-state index contributed by atoms with van der Waals surface area (Å²) in [5.41, 5.74) is 8.92. The molecule has 2 N–H and O–H groups in total. The number of anilines is 1. The Hall–Kier alpha value is -1.55. The van der Waals surface area contributed by atoms with Crippen molar-refractivity contribution in [1.82, 2.24) is 14.5 Å². The Labute approximate surface area is 120 Å². The summed E-state index contributed by atoms with van der Waals surface area (Å²) in [6.45, 7) is 7.88. The molecule has 1 atom stereocenters. The number of hydrogen-bond acceptors (Lipinski definition) is 3. The van der Waals surface area contributed by atoms with Crippen molar-refractivity contribution in [2.24, 2.45) is 5.92 Å². The summed E-state index contributed by atoms with van der Waals surface area (Å²) in [5, 5.41) is 0. The van der Waals surface area contributed by atoms with Gasteiger partial charge in [-0.2, -0.15) is 0 Å². The van der Waals surface area contributed by atoms with Crippen LogP contribution in [0.4, 0.5) is 5.69 Å². The molecule has 1 aromatic heterocycles. The van der Waals surface area contributed by atoms with Crippen LogP contribution in [0.2, 0.25) is 0 Å². The van der Waals surface area contributed by atoms with E-state index in [2.05, 4.69) is 36.4 Å². The monoisotopic (exact) mass is 272 g/mol. The molecule has 1 aromatic carbocycles. The maximum atomic E-state index is 5.89. The maximum absolute atomic E-state index is 5.89. The van der Waals surface area contributed by atoms with E-state index in [1.165, 1.54) is 30.9 Å². The molecule has 3 rings (SSSR count).